The fraction of sp³-hybridized carbons (Fsp3) is 0.385. The van der Waals surface area contributed by atoms with Crippen molar-refractivity contribution in [2.24, 2.45) is 0 Å². The van der Waals surface area contributed by atoms with Gasteiger partial charge in [-0.1, -0.05) is 0 Å². The lowest BCUT2D eigenvalue weighted by Crippen LogP contribution is -2.23. The van der Waals surface area contributed by atoms with Crippen molar-refractivity contribution in [3.05, 3.63) is 22.2 Å². The second-order valence-electron chi connectivity index (χ2n) is 4.26. The van der Waals surface area contributed by atoms with E-state index in [1.807, 2.05) is 12.1 Å². The van der Waals surface area contributed by atoms with Gasteiger partial charge in [-0.25, -0.2) is 0 Å². The highest BCUT2D eigenvalue weighted by atomic mass is 79.9. The van der Waals surface area contributed by atoms with Crippen LogP contribution in [0.15, 0.2) is 21.5 Å². The molecule has 0 fully saturated rings. The summed E-state index contributed by atoms with van der Waals surface area (Å²) in [6.07, 6.45) is 0.357. The number of nitrogens with one attached hydrogen (secondary N) is 2. The van der Waals surface area contributed by atoms with Crippen molar-refractivity contribution >= 4 is 45.3 Å². The molecule has 1 unspecified atom stereocenters. The quantitative estimate of drug-likeness (QED) is 0.624. The zero-order valence-electron chi connectivity index (χ0n) is 11.2. The molecule has 5 nitrogen and oxygen atoms in total. The molecule has 1 atom stereocenters. The second kappa shape index (κ2) is 6.60. The smallest absolute Gasteiger partial charge is 0.306 e. The van der Waals surface area contributed by atoms with Crippen LogP contribution in [0.1, 0.15) is 18.0 Å². The molecule has 0 spiro atoms. The van der Waals surface area contributed by atoms with Gasteiger partial charge in [0.25, 0.3) is 0 Å². The van der Waals surface area contributed by atoms with Crippen LogP contribution in [0.3, 0.4) is 0 Å². The van der Waals surface area contributed by atoms with Crippen molar-refractivity contribution in [1.29, 1.82) is 0 Å². The Hall–Kier alpha value is -1.05. The maximum atomic E-state index is 11.8. The van der Waals surface area contributed by atoms with Crippen LogP contribution in [0.4, 0.5) is 5.69 Å². The number of carbonyl (C=O) groups excluding carboxylic acids is 2. The predicted octanol–water partition coefficient (Wildman–Crippen LogP) is 2.32. The van der Waals surface area contributed by atoms with Crippen LogP contribution < -0.4 is 10.6 Å². The highest BCUT2D eigenvalue weighted by Gasteiger charge is 2.30. The third-order valence-corrected chi connectivity index (χ3v) is 4.99. The van der Waals surface area contributed by atoms with Gasteiger partial charge in [0.15, 0.2) is 0 Å². The third-order valence-electron chi connectivity index (χ3n) is 3.02. The Labute approximate surface area is 130 Å². The standard InChI is InChI=1S/C13H15BrN2O3S/c1-15-12-7-5-8(14)10(6-9(7)16-13(12)18)20-4-3-11(17)19-2/h5-6,12,15H,3-4H2,1-2H3,(H,16,18). The van der Waals surface area contributed by atoms with Crippen LogP contribution in [0, 0.1) is 0 Å². The van der Waals surface area contributed by atoms with E-state index in [0.717, 1.165) is 20.6 Å². The number of thioether (sulfide) groups is 1. The molecule has 1 heterocycles. The number of amides is 1. The SMILES string of the molecule is CNC1C(=O)Nc2cc(SCCC(=O)OC)c(Br)cc21. The second-order valence-corrected chi connectivity index (χ2v) is 6.25. The number of hydrogen-bond acceptors (Lipinski definition) is 5. The fourth-order valence-corrected chi connectivity index (χ4v) is 3.60. The monoisotopic (exact) mass is 358 g/mol. The summed E-state index contributed by atoms with van der Waals surface area (Å²) in [6, 6.07) is 3.56. The Balaban J connectivity index is 2.12. The number of esters is 1. The first-order valence-corrected chi connectivity index (χ1v) is 7.86. The summed E-state index contributed by atoms with van der Waals surface area (Å²) in [5.74, 6) is 0.359. The van der Waals surface area contributed by atoms with Gasteiger partial charge in [0.05, 0.1) is 13.5 Å². The van der Waals surface area contributed by atoms with Crippen LogP contribution >= 0.6 is 27.7 Å². The van der Waals surface area contributed by atoms with E-state index < -0.39 is 0 Å². The third kappa shape index (κ3) is 3.16. The Morgan fingerprint density at radius 3 is 2.95 bits per heavy atom. The summed E-state index contributed by atoms with van der Waals surface area (Å²) in [4.78, 5) is 23.8. The minimum atomic E-state index is -0.310. The van der Waals surface area contributed by atoms with Crippen molar-refractivity contribution in [2.45, 2.75) is 17.4 Å². The van der Waals surface area contributed by atoms with Crippen molar-refractivity contribution in [2.75, 3.05) is 25.2 Å². The first kappa shape index (κ1) is 15.3. The lowest BCUT2D eigenvalue weighted by molar-refractivity contribution is -0.140. The highest BCUT2D eigenvalue weighted by molar-refractivity contribution is 9.10. The van der Waals surface area contributed by atoms with Crippen LogP contribution in [0.25, 0.3) is 0 Å². The van der Waals surface area contributed by atoms with Gasteiger partial charge >= 0.3 is 5.97 Å². The van der Waals surface area contributed by atoms with E-state index in [9.17, 15) is 9.59 Å². The molecule has 2 rings (SSSR count). The normalized spacial score (nSPS) is 16.8. The molecular weight excluding hydrogens is 344 g/mol. The molecule has 0 saturated heterocycles. The Morgan fingerprint density at radius 2 is 2.30 bits per heavy atom. The van der Waals surface area contributed by atoms with Gasteiger partial charge in [-0.3, -0.25) is 9.59 Å². The number of rotatable bonds is 5. The number of anilines is 1. The highest BCUT2D eigenvalue weighted by Crippen LogP contribution is 2.39. The summed E-state index contributed by atoms with van der Waals surface area (Å²) < 4.78 is 5.53. The zero-order valence-corrected chi connectivity index (χ0v) is 13.6. The first-order chi connectivity index (χ1) is 9.56. The summed E-state index contributed by atoms with van der Waals surface area (Å²) in [6.45, 7) is 0. The van der Waals surface area contributed by atoms with E-state index in [-0.39, 0.29) is 17.9 Å². The van der Waals surface area contributed by atoms with Gasteiger partial charge in [0, 0.05) is 26.4 Å². The molecule has 20 heavy (non-hydrogen) atoms. The number of halogens is 1. The number of fused-ring (bicyclic) bond motifs is 1. The maximum absolute atomic E-state index is 11.8. The van der Waals surface area contributed by atoms with E-state index in [1.165, 1.54) is 7.11 Å². The molecule has 1 aromatic carbocycles. The number of ether oxygens (including phenoxy) is 1. The van der Waals surface area contributed by atoms with Gasteiger partial charge in [-0.15, -0.1) is 11.8 Å². The Kier molecular flexibility index (Phi) is 5.06. The van der Waals surface area contributed by atoms with Crippen molar-refractivity contribution < 1.29 is 14.3 Å². The van der Waals surface area contributed by atoms with Crippen LogP contribution in [-0.4, -0.2) is 31.8 Å². The fourth-order valence-electron chi connectivity index (χ4n) is 2.01. The average Bonchev–Trinajstić information content (AvgIpc) is 2.73. The molecule has 1 amide bonds. The molecule has 1 aliphatic rings. The summed E-state index contributed by atoms with van der Waals surface area (Å²) >= 11 is 5.05. The molecule has 1 aliphatic heterocycles. The van der Waals surface area contributed by atoms with E-state index in [1.54, 1.807) is 18.8 Å². The van der Waals surface area contributed by atoms with Crippen molar-refractivity contribution in [3.8, 4) is 0 Å². The molecule has 0 aromatic heterocycles. The molecule has 108 valence electrons. The van der Waals surface area contributed by atoms with E-state index >= 15 is 0 Å². The van der Waals surface area contributed by atoms with Crippen molar-refractivity contribution in [1.82, 2.24) is 5.32 Å². The average molecular weight is 359 g/mol. The van der Waals surface area contributed by atoms with Gasteiger partial charge < -0.3 is 15.4 Å². The predicted molar refractivity (Wildman–Crippen MR) is 81.9 cm³/mol. The minimum absolute atomic E-state index is 0.0499. The largest absolute Gasteiger partial charge is 0.469 e. The molecule has 7 heteroatoms. The molecule has 0 aliphatic carbocycles. The van der Waals surface area contributed by atoms with Gasteiger partial charge in [0.2, 0.25) is 5.91 Å². The number of methoxy groups -OCH3 is 1. The van der Waals surface area contributed by atoms with E-state index in [4.69, 9.17) is 0 Å². The lowest BCUT2D eigenvalue weighted by atomic mass is 10.1. The molecular formula is C13H15BrN2O3S. The maximum Gasteiger partial charge on any atom is 0.306 e. The van der Waals surface area contributed by atoms with Crippen molar-refractivity contribution in [3.63, 3.8) is 0 Å². The molecule has 0 bridgehead atoms. The van der Waals surface area contributed by atoms with Crippen LogP contribution in [0.5, 0.6) is 0 Å². The topological polar surface area (TPSA) is 67.4 Å². The summed E-state index contributed by atoms with van der Waals surface area (Å²) in [7, 11) is 3.14. The number of likely N-dealkylation sites (N-methyl/N-ethyl adjacent to an activating group) is 1. The summed E-state index contributed by atoms with van der Waals surface area (Å²) in [5.41, 5.74) is 1.75. The summed E-state index contributed by atoms with van der Waals surface area (Å²) in [5, 5.41) is 5.83. The van der Waals surface area contributed by atoms with E-state index in [2.05, 4.69) is 31.3 Å². The molecule has 1 aromatic rings. The number of hydrogen-bond donors (Lipinski definition) is 2. The van der Waals surface area contributed by atoms with Crippen LogP contribution in [0.2, 0.25) is 0 Å². The van der Waals surface area contributed by atoms with E-state index in [0.29, 0.717) is 12.2 Å². The number of benzene rings is 1. The Morgan fingerprint density at radius 1 is 1.55 bits per heavy atom. The zero-order chi connectivity index (χ0) is 14.7. The number of carbonyl (C=O) groups is 2. The van der Waals surface area contributed by atoms with Gasteiger partial charge in [-0.05, 0) is 35.1 Å². The Bertz CT molecular complexity index is 551. The minimum Gasteiger partial charge on any atom is -0.469 e. The first-order valence-electron chi connectivity index (χ1n) is 6.08. The van der Waals surface area contributed by atoms with Crippen LogP contribution in [-0.2, 0) is 14.3 Å². The molecule has 2 N–H and O–H groups in total. The molecule has 0 radical (unpaired) electrons. The van der Waals surface area contributed by atoms with Gasteiger partial charge in [-0.2, -0.15) is 0 Å². The lowest BCUT2D eigenvalue weighted by Gasteiger charge is -2.10. The van der Waals surface area contributed by atoms with Gasteiger partial charge in [0.1, 0.15) is 6.04 Å². The molecule has 0 saturated carbocycles.